The first-order valence-electron chi connectivity index (χ1n) is 7.66. The monoisotopic (exact) mass is 305 g/mol. The first-order chi connectivity index (χ1) is 10.7. The summed E-state index contributed by atoms with van der Waals surface area (Å²) in [6, 6.07) is 5.51. The molecule has 22 heavy (non-hydrogen) atoms. The number of benzene rings is 1. The quantitative estimate of drug-likeness (QED) is 0.656. The van der Waals surface area contributed by atoms with Crippen LogP contribution < -0.4 is 20.7 Å². The lowest BCUT2D eigenvalue weighted by Crippen LogP contribution is -2.32. The Morgan fingerprint density at radius 1 is 1.05 bits per heavy atom. The van der Waals surface area contributed by atoms with E-state index in [1.54, 1.807) is 6.07 Å². The molecule has 1 aromatic rings. The Balaban J connectivity index is 2.07. The van der Waals surface area contributed by atoms with E-state index in [1.807, 2.05) is 19.1 Å². The largest absolute Gasteiger partial charge is 0.491 e. The van der Waals surface area contributed by atoms with Crippen LogP contribution in [0.5, 0.6) is 5.75 Å². The minimum atomic E-state index is -0.139. The van der Waals surface area contributed by atoms with Gasteiger partial charge in [-0.1, -0.05) is 11.6 Å². The second-order valence-corrected chi connectivity index (χ2v) is 5.31. The van der Waals surface area contributed by atoms with Crippen molar-refractivity contribution in [3.8, 4) is 5.75 Å². The summed E-state index contributed by atoms with van der Waals surface area (Å²) >= 11 is 0. The fourth-order valence-electron chi connectivity index (χ4n) is 2.25. The number of hydrogen-bond donors (Lipinski definition) is 3. The Hall–Kier alpha value is -2.08. The lowest BCUT2D eigenvalue weighted by Gasteiger charge is -2.12. The summed E-state index contributed by atoms with van der Waals surface area (Å²) in [6.07, 6.45) is 1.27. The summed E-state index contributed by atoms with van der Waals surface area (Å²) in [6.45, 7) is 4.68. The summed E-state index contributed by atoms with van der Waals surface area (Å²) in [5.74, 6) is 0.429. The summed E-state index contributed by atoms with van der Waals surface area (Å²) < 4.78 is 5.65. The summed E-state index contributed by atoms with van der Waals surface area (Å²) in [5.41, 5.74) is 1.53. The van der Waals surface area contributed by atoms with Crippen molar-refractivity contribution in [2.24, 2.45) is 0 Å². The van der Waals surface area contributed by atoms with Crippen molar-refractivity contribution in [1.82, 2.24) is 16.0 Å². The third-order valence-corrected chi connectivity index (χ3v) is 3.41. The van der Waals surface area contributed by atoms with E-state index in [-0.39, 0.29) is 11.8 Å². The highest BCUT2D eigenvalue weighted by Crippen LogP contribution is 2.20. The molecule has 1 aliphatic heterocycles. The number of rotatable bonds is 0. The van der Waals surface area contributed by atoms with Crippen LogP contribution in [0.2, 0.25) is 0 Å². The molecule has 0 saturated heterocycles. The van der Waals surface area contributed by atoms with Crippen LogP contribution in [-0.2, 0) is 4.79 Å². The van der Waals surface area contributed by atoms with E-state index >= 15 is 0 Å². The van der Waals surface area contributed by atoms with Crippen LogP contribution in [0, 0.1) is 6.92 Å². The van der Waals surface area contributed by atoms with Gasteiger partial charge in [-0.05, 0) is 32.0 Å². The van der Waals surface area contributed by atoms with Gasteiger partial charge in [0.1, 0.15) is 12.4 Å². The van der Waals surface area contributed by atoms with Crippen LogP contribution in [0.25, 0.3) is 0 Å². The number of aryl methyl sites for hydroxylation is 1. The number of nitrogens with one attached hydrogen (secondary N) is 3. The lowest BCUT2D eigenvalue weighted by molar-refractivity contribution is -0.121. The predicted molar refractivity (Wildman–Crippen MR) is 84.1 cm³/mol. The maximum atomic E-state index is 12.3. The van der Waals surface area contributed by atoms with Crippen LogP contribution in [0.1, 0.15) is 28.8 Å². The van der Waals surface area contributed by atoms with Crippen LogP contribution in [0.3, 0.4) is 0 Å². The van der Waals surface area contributed by atoms with E-state index in [9.17, 15) is 9.59 Å². The first kappa shape index (κ1) is 16.3. The average Bonchev–Trinajstić information content (AvgIpc) is 2.51. The zero-order chi connectivity index (χ0) is 15.8. The van der Waals surface area contributed by atoms with Gasteiger partial charge in [-0.15, -0.1) is 0 Å². The maximum absolute atomic E-state index is 12.3. The van der Waals surface area contributed by atoms with Gasteiger partial charge in [0, 0.05) is 19.5 Å². The van der Waals surface area contributed by atoms with Crippen LogP contribution in [-0.4, -0.2) is 44.6 Å². The summed E-state index contributed by atoms with van der Waals surface area (Å²) in [7, 11) is 0. The number of fused-ring (bicyclic) bond motifs is 1. The molecule has 0 atom stereocenters. The van der Waals surface area contributed by atoms with Crippen molar-refractivity contribution in [2.45, 2.75) is 19.8 Å². The molecule has 2 rings (SSSR count). The van der Waals surface area contributed by atoms with Gasteiger partial charge in [-0.25, -0.2) is 0 Å². The number of ether oxygens (including phenoxy) is 1. The molecule has 1 heterocycles. The van der Waals surface area contributed by atoms with Gasteiger partial charge in [0.2, 0.25) is 5.91 Å². The molecule has 6 nitrogen and oxygen atoms in total. The van der Waals surface area contributed by atoms with Crippen molar-refractivity contribution in [3.63, 3.8) is 0 Å². The lowest BCUT2D eigenvalue weighted by atomic mass is 10.1. The molecular weight excluding hydrogens is 282 g/mol. The van der Waals surface area contributed by atoms with E-state index < -0.39 is 0 Å². The third kappa shape index (κ3) is 5.04. The van der Waals surface area contributed by atoms with Gasteiger partial charge in [0.25, 0.3) is 5.91 Å². The van der Waals surface area contributed by atoms with Gasteiger partial charge in [0.05, 0.1) is 12.1 Å². The molecule has 0 spiro atoms. The second-order valence-electron chi connectivity index (χ2n) is 5.31. The van der Waals surface area contributed by atoms with Gasteiger partial charge in [-0.2, -0.15) is 0 Å². The molecule has 0 saturated carbocycles. The van der Waals surface area contributed by atoms with Gasteiger partial charge in [-0.3, -0.25) is 9.59 Å². The standard InChI is InChI=1S/C16H23N3O3/c1-12-4-5-14-13(11-12)16(21)19-8-7-17-6-2-3-15(20)18-9-10-22-14/h4-5,11,17H,2-3,6-10H2,1H3,(H,18,20)(H,19,21). The molecule has 0 radical (unpaired) electrons. The molecule has 0 fully saturated rings. The highest BCUT2D eigenvalue weighted by Gasteiger charge is 2.13. The molecular formula is C16H23N3O3. The summed E-state index contributed by atoms with van der Waals surface area (Å²) in [4.78, 5) is 23.9. The molecule has 0 aromatic heterocycles. The number of carbonyl (C=O) groups is 2. The SMILES string of the molecule is Cc1ccc2c(c1)C(=O)NCCNCCCC(=O)NCCO2. The zero-order valence-electron chi connectivity index (χ0n) is 12.9. The van der Waals surface area contributed by atoms with E-state index in [2.05, 4.69) is 16.0 Å². The first-order valence-corrected chi connectivity index (χ1v) is 7.66. The molecule has 1 aromatic carbocycles. The third-order valence-electron chi connectivity index (χ3n) is 3.41. The average molecular weight is 305 g/mol. The van der Waals surface area contributed by atoms with E-state index in [4.69, 9.17) is 4.74 Å². The van der Waals surface area contributed by atoms with Crippen LogP contribution in [0.15, 0.2) is 18.2 Å². The van der Waals surface area contributed by atoms with E-state index in [1.165, 1.54) is 0 Å². The molecule has 0 unspecified atom stereocenters. The van der Waals surface area contributed by atoms with Crippen LogP contribution >= 0.6 is 0 Å². The van der Waals surface area contributed by atoms with Gasteiger partial charge in [0.15, 0.2) is 0 Å². The Labute approximate surface area is 130 Å². The molecule has 2 amide bonds. The number of carbonyl (C=O) groups excluding carboxylic acids is 2. The molecule has 120 valence electrons. The topological polar surface area (TPSA) is 79.5 Å². The van der Waals surface area contributed by atoms with Crippen molar-refractivity contribution in [1.29, 1.82) is 0 Å². The normalized spacial score (nSPS) is 18.0. The molecule has 0 aliphatic carbocycles. The van der Waals surface area contributed by atoms with Gasteiger partial charge >= 0.3 is 0 Å². The summed E-state index contributed by atoms with van der Waals surface area (Å²) in [5, 5.41) is 8.90. The van der Waals surface area contributed by atoms with Gasteiger partial charge < -0.3 is 20.7 Å². The molecule has 1 aliphatic rings. The zero-order valence-corrected chi connectivity index (χ0v) is 12.9. The highest BCUT2D eigenvalue weighted by atomic mass is 16.5. The molecule has 3 N–H and O–H groups in total. The highest BCUT2D eigenvalue weighted by molar-refractivity contribution is 5.97. The number of hydrogen-bond acceptors (Lipinski definition) is 4. The minimum Gasteiger partial charge on any atom is -0.491 e. The van der Waals surface area contributed by atoms with E-state index in [0.29, 0.717) is 44.0 Å². The second kappa shape index (κ2) is 8.38. The number of amides is 2. The minimum absolute atomic E-state index is 0.0265. The fourth-order valence-corrected chi connectivity index (χ4v) is 2.25. The smallest absolute Gasteiger partial charge is 0.255 e. The maximum Gasteiger partial charge on any atom is 0.255 e. The molecule has 0 bridgehead atoms. The Kier molecular flexibility index (Phi) is 6.21. The Morgan fingerprint density at radius 3 is 2.77 bits per heavy atom. The predicted octanol–water partition coefficient (Wildman–Crippen LogP) is 0.603. The van der Waals surface area contributed by atoms with Crippen molar-refractivity contribution >= 4 is 11.8 Å². The Morgan fingerprint density at radius 2 is 1.91 bits per heavy atom. The fraction of sp³-hybridized carbons (Fsp3) is 0.500. The van der Waals surface area contributed by atoms with Crippen molar-refractivity contribution in [3.05, 3.63) is 29.3 Å². The molecule has 6 heteroatoms. The van der Waals surface area contributed by atoms with Crippen molar-refractivity contribution < 1.29 is 14.3 Å². The van der Waals surface area contributed by atoms with Crippen molar-refractivity contribution in [2.75, 3.05) is 32.8 Å². The van der Waals surface area contributed by atoms with Crippen LogP contribution in [0.4, 0.5) is 0 Å². The van der Waals surface area contributed by atoms with E-state index in [0.717, 1.165) is 18.5 Å². The Bertz CT molecular complexity index is 531.